The molecule has 1 aromatic rings. The summed E-state index contributed by atoms with van der Waals surface area (Å²) < 4.78 is 6.04. The maximum absolute atomic E-state index is 6.04. The lowest BCUT2D eigenvalue weighted by molar-refractivity contribution is 0.0853. The Labute approximate surface area is 91.4 Å². The normalized spacial score (nSPS) is 19.1. The molecule has 2 rings (SSSR count). The maximum atomic E-state index is 6.04. The van der Waals surface area contributed by atoms with Crippen LogP contribution >= 0.6 is 0 Å². The Morgan fingerprint density at radius 2 is 1.80 bits per heavy atom. The van der Waals surface area contributed by atoms with Crippen LogP contribution in [0.25, 0.3) is 0 Å². The van der Waals surface area contributed by atoms with Crippen LogP contribution in [0.1, 0.15) is 31.2 Å². The van der Waals surface area contributed by atoms with Crippen LogP contribution in [0.5, 0.6) is 5.75 Å². The van der Waals surface area contributed by atoms with Gasteiger partial charge in [0.05, 0.1) is 0 Å². The van der Waals surface area contributed by atoms with Gasteiger partial charge >= 0.3 is 0 Å². The van der Waals surface area contributed by atoms with Crippen LogP contribution in [-0.2, 0) is 0 Å². The van der Waals surface area contributed by atoms with Crippen molar-refractivity contribution < 1.29 is 4.74 Å². The molecular formula is C13H19NO. The van der Waals surface area contributed by atoms with Gasteiger partial charge in [-0.25, -0.2) is 0 Å². The molecule has 0 spiro atoms. The Kier molecular flexibility index (Phi) is 2.96. The van der Waals surface area contributed by atoms with Crippen molar-refractivity contribution in [1.29, 1.82) is 0 Å². The number of benzene rings is 1. The first-order valence-electron chi connectivity index (χ1n) is 5.70. The van der Waals surface area contributed by atoms with E-state index in [2.05, 4.69) is 19.1 Å². The summed E-state index contributed by atoms with van der Waals surface area (Å²) >= 11 is 0. The minimum absolute atomic E-state index is 0.0880. The second-order valence-electron chi connectivity index (χ2n) is 4.51. The standard InChI is InChI=1S/C13H19NO/c1-11-4-6-12(7-5-11)15-13(10-14)8-2-3-9-13/h4-7H,2-3,8-10,14H2,1H3. The lowest BCUT2D eigenvalue weighted by Gasteiger charge is -2.28. The average Bonchev–Trinajstić information content (AvgIpc) is 2.71. The predicted molar refractivity (Wildman–Crippen MR) is 62.1 cm³/mol. The first-order valence-corrected chi connectivity index (χ1v) is 5.70. The zero-order valence-corrected chi connectivity index (χ0v) is 9.33. The highest BCUT2D eigenvalue weighted by Crippen LogP contribution is 2.33. The Bertz CT molecular complexity index is 312. The van der Waals surface area contributed by atoms with Crippen LogP contribution in [0, 0.1) is 6.92 Å². The lowest BCUT2D eigenvalue weighted by Crippen LogP contribution is -2.40. The highest BCUT2D eigenvalue weighted by atomic mass is 16.5. The van der Waals surface area contributed by atoms with E-state index in [1.807, 2.05) is 12.1 Å². The summed E-state index contributed by atoms with van der Waals surface area (Å²) in [6.07, 6.45) is 4.67. The van der Waals surface area contributed by atoms with Crippen LogP contribution in [0.3, 0.4) is 0 Å². The molecule has 1 aliphatic rings. The second-order valence-corrected chi connectivity index (χ2v) is 4.51. The van der Waals surface area contributed by atoms with Gasteiger partial charge in [0.2, 0.25) is 0 Å². The molecule has 0 radical (unpaired) electrons. The Morgan fingerprint density at radius 1 is 1.20 bits per heavy atom. The van der Waals surface area contributed by atoms with Gasteiger partial charge in [-0.3, -0.25) is 0 Å². The summed E-state index contributed by atoms with van der Waals surface area (Å²) in [6, 6.07) is 8.22. The minimum Gasteiger partial charge on any atom is -0.486 e. The molecule has 15 heavy (non-hydrogen) atoms. The molecule has 0 unspecified atom stereocenters. The van der Waals surface area contributed by atoms with E-state index in [1.54, 1.807) is 0 Å². The van der Waals surface area contributed by atoms with Crippen molar-refractivity contribution in [1.82, 2.24) is 0 Å². The van der Waals surface area contributed by atoms with Crippen molar-refractivity contribution in [3.8, 4) is 5.75 Å². The first-order chi connectivity index (χ1) is 7.24. The summed E-state index contributed by atoms with van der Waals surface area (Å²) in [6.45, 7) is 2.71. The molecule has 0 bridgehead atoms. The minimum atomic E-state index is -0.0880. The second kappa shape index (κ2) is 4.23. The van der Waals surface area contributed by atoms with Crippen LogP contribution < -0.4 is 10.5 Å². The summed E-state index contributed by atoms with van der Waals surface area (Å²) in [5, 5.41) is 0. The molecular weight excluding hydrogens is 186 g/mol. The first kappa shape index (κ1) is 10.5. The van der Waals surface area contributed by atoms with E-state index in [9.17, 15) is 0 Å². The van der Waals surface area contributed by atoms with E-state index in [0.717, 1.165) is 18.6 Å². The molecule has 1 saturated carbocycles. The molecule has 1 aliphatic carbocycles. The van der Waals surface area contributed by atoms with E-state index in [-0.39, 0.29) is 5.60 Å². The molecule has 0 heterocycles. The van der Waals surface area contributed by atoms with Gasteiger partial charge < -0.3 is 10.5 Å². The molecule has 0 aliphatic heterocycles. The fourth-order valence-electron chi connectivity index (χ4n) is 2.22. The topological polar surface area (TPSA) is 35.2 Å². The molecule has 0 aromatic heterocycles. The van der Waals surface area contributed by atoms with Crippen LogP contribution in [0.15, 0.2) is 24.3 Å². The van der Waals surface area contributed by atoms with Gasteiger partial charge in [-0.1, -0.05) is 17.7 Å². The molecule has 1 aromatic carbocycles. The highest BCUT2D eigenvalue weighted by molar-refractivity contribution is 5.27. The van der Waals surface area contributed by atoms with Gasteiger partial charge in [0.15, 0.2) is 0 Å². The Hall–Kier alpha value is -1.02. The third-order valence-corrected chi connectivity index (χ3v) is 3.24. The Morgan fingerprint density at radius 3 is 2.33 bits per heavy atom. The maximum Gasteiger partial charge on any atom is 0.121 e. The van der Waals surface area contributed by atoms with Gasteiger partial charge in [-0.05, 0) is 44.7 Å². The highest BCUT2D eigenvalue weighted by Gasteiger charge is 2.34. The smallest absolute Gasteiger partial charge is 0.121 e. The third kappa shape index (κ3) is 2.32. The van der Waals surface area contributed by atoms with Gasteiger partial charge in [-0.2, -0.15) is 0 Å². The number of hydrogen-bond acceptors (Lipinski definition) is 2. The molecule has 0 atom stereocenters. The lowest BCUT2D eigenvalue weighted by atomic mass is 10.0. The fourth-order valence-corrected chi connectivity index (χ4v) is 2.22. The van der Waals surface area contributed by atoms with Gasteiger partial charge in [0.1, 0.15) is 11.4 Å². The summed E-state index contributed by atoms with van der Waals surface area (Å²) in [7, 11) is 0. The average molecular weight is 205 g/mol. The van der Waals surface area contributed by atoms with Crippen molar-refractivity contribution in [3.63, 3.8) is 0 Å². The largest absolute Gasteiger partial charge is 0.486 e. The molecule has 1 fully saturated rings. The summed E-state index contributed by atoms with van der Waals surface area (Å²) in [4.78, 5) is 0. The zero-order valence-electron chi connectivity index (χ0n) is 9.33. The van der Waals surface area contributed by atoms with E-state index < -0.39 is 0 Å². The number of aryl methyl sites for hydroxylation is 1. The van der Waals surface area contributed by atoms with Gasteiger partial charge in [0.25, 0.3) is 0 Å². The predicted octanol–water partition coefficient (Wildman–Crippen LogP) is 2.65. The van der Waals surface area contributed by atoms with Crippen molar-refractivity contribution in [2.45, 2.75) is 38.2 Å². The van der Waals surface area contributed by atoms with Crippen LogP contribution in [0.2, 0.25) is 0 Å². The molecule has 82 valence electrons. The van der Waals surface area contributed by atoms with E-state index in [1.165, 1.54) is 18.4 Å². The molecule has 2 nitrogen and oxygen atoms in total. The van der Waals surface area contributed by atoms with Crippen LogP contribution in [-0.4, -0.2) is 12.1 Å². The SMILES string of the molecule is Cc1ccc(OC2(CN)CCCC2)cc1. The van der Waals surface area contributed by atoms with E-state index >= 15 is 0 Å². The third-order valence-electron chi connectivity index (χ3n) is 3.24. The Balaban J connectivity index is 2.09. The summed E-state index contributed by atoms with van der Waals surface area (Å²) in [5.74, 6) is 0.952. The summed E-state index contributed by atoms with van der Waals surface area (Å²) in [5.41, 5.74) is 6.99. The number of ether oxygens (including phenoxy) is 1. The molecule has 2 N–H and O–H groups in total. The molecule has 2 heteroatoms. The van der Waals surface area contributed by atoms with Gasteiger partial charge in [-0.15, -0.1) is 0 Å². The van der Waals surface area contributed by atoms with Gasteiger partial charge in [0, 0.05) is 6.54 Å². The van der Waals surface area contributed by atoms with Crippen molar-refractivity contribution in [2.24, 2.45) is 5.73 Å². The molecule has 0 saturated heterocycles. The monoisotopic (exact) mass is 205 g/mol. The number of rotatable bonds is 3. The number of nitrogens with two attached hydrogens (primary N) is 1. The zero-order chi connectivity index (χ0) is 10.7. The number of hydrogen-bond donors (Lipinski definition) is 1. The van der Waals surface area contributed by atoms with Crippen molar-refractivity contribution in [2.75, 3.05) is 6.54 Å². The van der Waals surface area contributed by atoms with Crippen molar-refractivity contribution in [3.05, 3.63) is 29.8 Å². The fraction of sp³-hybridized carbons (Fsp3) is 0.538. The van der Waals surface area contributed by atoms with Crippen LogP contribution in [0.4, 0.5) is 0 Å². The molecule has 0 amide bonds. The van der Waals surface area contributed by atoms with E-state index in [0.29, 0.717) is 6.54 Å². The van der Waals surface area contributed by atoms with Crippen molar-refractivity contribution >= 4 is 0 Å². The van der Waals surface area contributed by atoms with E-state index in [4.69, 9.17) is 10.5 Å². The quantitative estimate of drug-likeness (QED) is 0.823.